The number of nitrogens with zero attached hydrogens (tertiary/aromatic N) is 2. The molecule has 0 aromatic carbocycles. The molecule has 1 N–H and O–H groups in total. The van der Waals surface area contributed by atoms with Crippen LogP contribution in [0.15, 0.2) is 6.07 Å². The van der Waals surface area contributed by atoms with Gasteiger partial charge in [-0.05, 0) is 38.0 Å². The third-order valence-electron chi connectivity index (χ3n) is 3.57. The Morgan fingerprint density at radius 1 is 1.41 bits per heavy atom. The fourth-order valence-corrected chi connectivity index (χ4v) is 2.65. The van der Waals surface area contributed by atoms with E-state index in [2.05, 4.69) is 42.1 Å². The lowest BCUT2D eigenvalue weighted by Gasteiger charge is -2.18. The molecule has 1 atom stereocenters. The molecule has 1 fully saturated rings. The summed E-state index contributed by atoms with van der Waals surface area (Å²) in [5, 5.41) is 3.56. The average Bonchev–Trinajstić information content (AvgIpc) is 2.57. The number of rotatable bonds is 3. The van der Waals surface area contributed by atoms with Gasteiger partial charge in [-0.25, -0.2) is 9.97 Å². The Labute approximate surface area is 104 Å². The molecule has 0 bridgehead atoms. The summed E-state index contributed by atoms with van der Waals surface area (Å²) in [7, 11) is 0. The van der Waals surface area contributed by atoms with Gasteiger partial charge in [-0.2, -0.15) is 0 Å². The first-order valence-electron chi connectivity index (χ1n) is 6.59. The molecule has 0 aliphatic heterocycles. The Morgan fingerprint density at radius 3 is 2.76 bits per heavy atom. The summed E-state index contributed by atoms with van der Waals surface area (Å²) < 4.78 is 0. The highest BCUT2D eigenvalue weighted by molar-refractivity contribution is 5.37. The van der Waals surface area contributed by atoms with E-state index in [1.807, 2.05) is 6.92 Å². The van der Waals surface area contributed by atoms with Crippen molar-refractivity contribution in [3.63, 3.8) is 0 Å². The Kier molecular flexibility index (Phi) is 3.36. The summed E-state index contributed by atoms with van der Waals surface area (Å²) in [5.74, 6) is 1.86. The van der Waals surface area contributed by atoms with E-state index in [1.165, 1.54) is 19.3 Å². The molecule has 0 saturated heterocycles. The van der Waals surface area contributed by atoms with E-state index in [-0.39, 0.29) is 0 Å². The zero-order chi connectivity index (χ0) is 12.5. The number of hydrogen-bond donors (Lipinski definition) is 1. The van der Waals surface area contributed by atoms with Gasteiger partial charge >= 0.3 is 0 Å². The van der Waals surface area contributed by atoms with Gasteiger partial charge in [-0.3, -0.25) is 0 Å². The molecule has 1 unspecified atom stereocenters. The maximum atomic E-state index is 4.47. The second-order valence-electron chi connectivity index (χ2n) is 5.89. The normalized spacial score (nSPS) is 22.7. The summed E-state index contributed by atoms with van der Waals surface area (Å²) in [5.41, 5.74) is 1.60. The van der Waals surface area contributed by atoms with Crippen molar-refractivity contribution in [1.29, 1.82) is 0 Å². The molecule has 0 radical (unpaired) electrons. The van der Waals surface area contributed by atoms with E-state index < -0.39 is 0 Å². The van der Waals surface area contributed by atoms with E-state index in [0.29, 0.717) is 11.5 Å². The molecule has 3 nitrogen and oxygen atoms in total. The molecule has 17 heavy (non-hydrogen) atoms. The van der Waals surface area contributed by atoms with Crippen LogP contribution in [0.4, 0.5) is 5.82 Å². The van der Waals surface area contributed by atoms with Crippen LogP contribution in [0.1, 0.15) is 51.6 Å². The molecule has 0 amide bonds. The summed E-state index contributed by atoms with van der Waals surface area (Å²) >= 11 is 0. The van der Waals surface area contributed by atoms with E-state index in [1.54, 1.807) is 0 Å². The molecule has 1 aromatic rings. The van der Waals surface area contributed by atoms with Crippen LogP contribution in [0.5, 0.6) is 0 Å². The predicted molar refractivity (Wildman–Crippen MR) is 71.2 cm³/mol. The van der Waals surface area contributed by atoms with E-state index in [0.717, 1.165) is 23.8 Å². The molecule has 1 saturated carbocycles. The second-order valence-corrected chi connectivity index (χ2v) is 5.89. The lowest BCUT2D eigenvalue weighted by atomic mass is 9.92. The Hall–Kier alpha value is -1.12. The minimum Gasteiger partial charge on any atom is -0.367 e. The number of aryl methyl sites for hydroxylation is 2. The first-order valence-corrected chi connectivity index (χ1v) is 6.59. The summed E-state index contributed by atoms with van der Waals surface area (Å²) in [6.07, 6.45) is 4.75. The quantitative estimate of drug-likeness (QED) is 0.870. The van der Waals surface area contributed by atoms with Gasteiger partial charge in [0.1, 0.15) is 11.6 Å². The molecular formula is C14H23N3. The van der Waals surface area contributed by atoms with Gasteiger partial charge in [0.25, 0.3) is 0 Å². The van der Waals surface area contributed by atoms with Crippen LogP contribution in [-0.2, 0) is 6.42 Å². The zero-order valence-electron chi connectivity index (χ0n) is 11.4. The molecular weight excluding hydrogens is 210 g/mol. The Bertz CT molecular complexity index is 398. The third-order valence-corrected chi connectivity index (χ3v) is 3.57. The SMILES string of the molecule is CCc1cc(NC2CCC(C)(C)C2)nc(C)n1. The van der Waals surface area contributed by atoms with E-state index >= 15 is 0 Å². The standard InChI is InChI=1S/C14H23N3/c1-5-11-8-13(16-10(2)15-11)17-12-6-7-14(3,4)9-12/h8,12H,5-7,9H2,1-4H3,(H,15,16,17). The summed E-state index contributed by atoms with van der Waals surface area (Å²) in [6.45, 7) is 8.78. The summed E-state index contributed by atoms with van der Waals surface area (Å²) in [6, 6.07) is 2.65. The minimum absolute atomic E-state index is 0.479. The van der Waals surface area contributed by atoms with Gasteiger partial charge in [-0.1, -0.05) is 20.8 Å². The van der Waals surface area contributed by atoms with Gasteiger partial charge in [0, 0.05) is 17.8 Å². The summed E-state index contributed by atoms with van der Waals surface area (Å²) in [4.78, 5) is 8.88. The molecule has 94 valence electrons. The molecule has 0 spiro atoms. The zero-order valence-corrected chi connectivity index (χ0v) is 11.4. The van der Waals surface area contributed by atoms with Crippen LogP contribution < -0.4 is 5.32 Å². The van der Waals surface area contributed by atoms with Crippen molar-refractivity contribution in [3.8, 4) is 0 Å². The second kappa shape index (κ2) is 4.63. The third kappa shape index (κ3) is 3.18. The average molecular weight is 233 g/mol. The smallest absolute Gasteiger partial charge is 0.130 e. The van der Waals surface area contributed by atoms with E-state index in [4.69, 9.17) is 0 Å². The molecule has 1 aliphatic rings. The highest BCUT2D eigenvalue weighted by Crippen LogP contribution is 2.38. The molecule has 1 heterocycles. The van der Waals surface area contributed by atoms with Gasteiger partial charge in [-0.15, -0.1) is 0 Å². The fourth-order valence-electron chi connectivity index (χ4n) is 2.65. The minimum atomic E-state index is 0.479. The number of anilines is 1. The van der Waals surface area contributed by atoms with Gasteiger partial charge in [0.05, 0.1) is 0 Å². The van der Waals surface area contributed by atoms with Crippen LogP contribution >= 0.6 is 0 Å². The largest absolute Gasteiger partial charge is 0.367 e. The fraction of sp³-hybridized carbons (Fsp3) is 0.714. The highest BCUT2D eigenvalue weighted by Gasteiger charge is 2.30. The van der Waals surface area contributed by atoms with Gasteiger partial charge in [0.2, 0.25) is 0 Å². The van der Waals surface area contributed by atoms with Crippen molar-refractivity contribution in [2.45, 2.75) is 59.4 Å². The van der Waals surface area contributed by atoms with Gasteiger partial charge in [0.15, 0.2) is 0 Å². The first-order chi connectivity index (χ1) is 7.98. The Balaban J connectivity index is 2.06. The molecule has 2 rings (SSSR count). The number of aromatic nitrogens is 2. The molecule has 1 aliphatic carbocycles. The van der Waals surface area contributed by atoms with Crippen molar-refractivity contribution >= 4 is 5.82 Å². The van der Waals surface area contributed by atoms with Crippen molar-refractivity contribution in [2.75, 3.05) is 5.32 Å². The van der Waals surface area contributed by atoms with E-state index in [9.17, 15) is 0 Å². The molecule has 3 heteroatoms. The lowest BCUT2D eigenvalue weighted by molar-refractivity contribution is 0.378. The van der Waals surface area contributed by atoms with Crippen molar-refractivity contribution in [1.82, 2.24) is 9.97 Å². The van der Waals surface area contributed by atoms with Crippen molar-refractivity contribution in [2.24, 2.45) is 5.41 Å². The Morgan fingerprint density at radius 2 is 2.18 bits per heavy atom. The predicted octanol–water partition coefficient (Wildman–Crippen LogP) is 3.34. The van der Waals surface area contributed by atoms with Crippen LogP contribution in [-0.4, -0.2) is 16.0 Å². The van der Waals surface area contributed by atoms with Crippen molar-refractivity contribution < 1.29 is 0 Å². The first kappa shape index (κ1) is 12.3. The van der Waals surface area contributed by atoms with Gasteiger partial charge < -0.3 is 5.32 Å². The lowest BCUT2D eigenvalue weighted by Crippen LogP contribution is -2.19. The monoisotopic (exact) mass is 233 g/mol. The maximum Gasteiger partial charge on any atom is 0.130 e. The van der Waals surface area contributed by atoms with Crippen LogP contribution in [0.3, 0.4) is 0 Å². The molecule has 1 aromatic heterocycles. The van der Waals surface area contributed by atoms with Crippen LogP contribution in [0, 0.1) is 12.3 Å². The van der Waals surface area contributed by atoms with Crippen LogP contribution in [0.2, 0.25) is 0 Å². The maximum absolute atomic E-state index is 4.47. The van der Waals surface area contributed by atoms with Crippen molar-refractivity contribution in [3.05, 3.63) is 17.6 Å². The number of nitrogens with one attached hydrogen (secondary N) is 1. The highest BCUT2D eigenvalue weighted by atomic mass is 15.1. The topological polar surface area (TPSA) is 37.8 Å². The van der Waals surface area contributed by atoms with Crippen LogP contribution in [0.25, 0.3) is 0 Å². The number of hydrogen-bond acceptors (Lipinski definition) is 3.